The van der Waals surface area contributed by atoms with Crippen LogP contribution >= 0.6 is 0 Å². The van der Waals surface area contributed by atoms with Crippen LogP contribution in [0.4, 0.5) is 19.0 Å². The van der Waals surface area contributed by atoms with Gasteiger partial charge in [-0.05, 0) is 12.5 Å². The second kappa shape index (κ2) is 7.94. The van der Waals surface area contributed by atoms with Gasteiger partial charge >= 0.3 is 6.18 Å². The minimum Gasteiger partial charge on any atom is -0.478 e. The summed E-state index contributed by atoms with van der Waals surface area (Å²) in [4.78, 5) is 7.14. The number of anilines is 1. The number of nitrogens with one attached hydrogen (secondary N) is 1. The van der Waals surface area contributed by atoms with E-state index in [0.717, 1.165) is 0 Å². The van der Waals surface area contributed by atoms with Crippen molar-refractivity contribution in [3.05, 3.63) is 18.2 Å². The molecule has 0 fully saturated rings. The SMILES string of the molecule is N#CCCCOc1cccc(NC(N)=NCC(F)(F)F)n1. The average molecular weight is 301 g/mol. The molecule has 1 aromatic rings. The molecule has 0 saturated heterocycles. The van der Waals surface area contributed by atoms with Crippen LogP contribution in [0.25, 0.3) is 0 Å². The second-order valence-corrected chi connectivity index (χ2v) is 3.91. The number of halogens is 3. The highest BCUT2D eigenvalue weighted by Gasteiger charge is 2.26. The summed E-state index contributed by atoms with van der Waals surface area (Å²) in [5.41, 5.74) is 5.32. The fourth-order valence-electron chi connectivity index (χ4n) is 1.24. The van der Waals surface area contributed by atoms with Gasteiger partial charge in [-0.3, -0.25) is 0 Å². The monoisotopic (exact) mass is 301 g/mol. The van der Waals surface area contributed by atoms with E-state index in [4.69, 9.17) is 15.7 Å². The summed E-state index contributed by atoms with van der Waals surface area (Å²) >= 11 is 0. The first-order chi connectivity index (χ1) is 9.90. The van der Waals surface area contributed by atoms with E-state index in [9.17, 15) is 13.2 Å². The fraction of sp³-hybridized carbons (Fsp3) is 0.417. The molecule has 9 heteroatoms. The molecule has 21 heavy (non-hydrogen) atoms. The maximum absolute atomic E-state index is 12.0. The van der Waals surface area contributed by atoms with Crippen LogP contribution in [0, 0.1) is 11.3 Å². The summed E-state index contributed by atoms with van der Waals surface area (Å²) < 4.78 is 41.2. The van der Waals surface area contributed by atoms with E-state index >= 15 is 0 Å². The molecule has 0 saturated carbocycles. The summed E-state index contributed by atoms with van der Waals surface area (Å²) in [5, 5.41) is 10.8. The van der Waals surface area contributed by atoms with Crippen molar-refractivity contribution >= 4 is 11.8 Å². The molecule has 0 aromatic carbocycles. The lowest BCUT2D eigenvalue weighted by molar-refractivity contribution is -0.118. The van der Waals surface area contributed by atoms with Crippen LogP contribution in [0.2, 0.25) is 0 Å². The van der Waals surface area contributed by atoms with Gasteiger partial charge in [-0.1, -0.05) is 6.07 Å². The number of guanidine groups is 1. The van der Waals surface area contributed by atoms with Crippen molar-refractivity contribution in [3.8, 4) is 11.9 Å². The first-order valence-corrected chi connectivity index (χ1v) is 6.01. The van der Waals surface area contributed by atoms with Crippen molar-refractivity contribution in [3.63, 3.8) is 0 Å². The van der Waals surface area contributed by atoms with Crippen molar-refractivity contribution in [1.82, 2.24) is 4.98 Å². The number of hydrogen-bond acceptors (Lipinski definition) is 4. The zero-order chi connectivity index (χ0) is 15.7. The molecule has 6 nitrogen and oxygen atoms in total. The van der Waals surface area contributed by atoms with Crippen LogP contribution in [0.5, 0.6) is 5.88 Å². The van der Waals surface area contributed by atoms with Crippen LogP contribution in [-0.2, 0) is 0 Å². The number of alkyl halides is 3. The van der Waals surface area contributed by atoms with E-state index in [-0.39, 0.29) is 17.7 Å². The molecular formula is C12H14F3N5O. The first-order valence-electron chi connectivity index (χ1n) is 6.01. The van der Waals surface area contributed by atoms with E-state index in [1.807, 2.05) is 6.07 Å². The molecular weight excluding hydrogens is 287 g/mol. The Morgan fingerprint density at radius 2 is 2.24 bits per heavy atom. The lowest BCUT2D eigenvalue weighted by Crippen LogP contribution is -2.26. The van der Waals surface area contributed by atoms with Crippen molar-refractivity contribution in [1.29, 1.82) is 5.26 Å². The summed E-state index contributed by atoms with van der Waals surface area (Å²) in [6, 6.07) is 6.68. The van der Waals surface area contributed by atoms with Crippen LogP contribution in [0.15, 0.2) is 23.2 Å². The molecule has 0 spiro atoms. The Balaban J connectivity index is 2.54. The predicted molar refractivity (Wildman–Crippen MR) is 70.7 cm³/mol. The fourth-order valence-corrected chi connectivity index (χ4v) is 1.24. The third kappa shape index (κ3) is 7.61. The summed E-state index contributed by atoms with van der Waals surface area (Å²) in [6.45, 7) is -1.04. The van der Waals surface area contributed by atoms with Crippen molar-refractivity contribution in [2.75, 3.05) is 18.5 Å². The van der Waals surface area contributed by atoms with Gasteiger partial charge in [-0.2, -0.15) is 23.4 Å². The number of nitriles is 1. The van der Waals surface area contributed by atoms with Gasteiger partial charge in [0.15, 0.2) is 5.96 Å². The molecule has 1 rings (SSSR count). The van der Waals surface area contributed by atoms with E-state index in [1.54, 1.807) is 12.1 Å². The van der Waals surface area contributed by atoms with Crippen molar-refractivity contribution in [2.45, 2.75) is 19.0 Å². The molecule has 0 aliphatic carbocycles. The third-order valence-electron chi connectivity index (χ3n) is 2.09. The van der Waals surface area contributed by atoms with Gasteiger partial charge in [0, 0.05) is 12.5 Å². The number of hydrogen-bond donors (Lipinski definition) is 2. The Morgan fingerprint density at radius 1 is 1.48 bits per heavy atom. The molecule has 0 unspecified atom stereocenters. The quantitative estimate of drug-likeness (QED) is 0.476. The number of pyridine rings is 1. The number of unbranched alkanes of at least 4 members (excludes halogenated alkanes) is 1. The van der Waals surface area contributed by atoms with Crippen LogP contribution in [-0.4, -0.2) is 30.3 Å². The highest BCUT2D eigenvalue weighted by Crippen LogP contribution is 2.15. The zero-order valence-electron chi connectivity index (χ0n) is 11.0. The maximum Gasteiger partial charge on any atom is 0.408 e. The highest BCUT2D eigenvalue weighted by atomic mass is 19.4. The predicted octanol–water partition coefficient (Wildman–Crippen LogP) is 2.05. The van der Waals surface area contributed by atoms with Gasteiger partial charge in [0.2, 0.25) is 5.88 Å². The van der Waals surface area contributed by atoms with E-state index in [0.29, 0.717) is 19.4 Å². The lowest BCUT2D eigenvalue weighted by Gasteiger charge is -2.08. The zero-order valence-corrected chi connectivity index (χ0v) is 11.0. The van der Waals surface area contributed by atoms with Gasteiger partial charge in [0.25, 0.3) is 0 Å². The molecule has 0 amide bonds. The number of ether oxygens (including phenoxy) is 1. The standard InChI is InChI=1S/C12H14F3N5O/c13-12(14,15)8-18-11(17)20-9-4-3-5-10(19-9)21-7-2-1-6-16/h3-5H,1-2,7-8H2,(H3,17,18,19,20). The van der Waals surface area contributed by atoms with Gasteiger partial charge in [0.05, 0.1) is 12.7 Å². The Kier molecular flexibility index (Phi) is 6.26. The topological polar surface area (TPSA) is 96.3 Å². The number of aromatic nitrogens is 1. The van der Waals surface area contributed by atoms with Crippen molar-refractivity contribution in [2.24, 2.45) is 10.7 Å². The maximum atomic E-state index is 12.0. The van der Waals surface area contributed by atoms with Gasteiger partial charge in [-0.25, -0.2) is 4.99 Å². The molecule has 114 valence electrons. The Hall–Kier alpha value is -2.50. The van der Waals surface area contributed by atoms with Gasteiger partial charge in [0.1, 0.15) is 12.4 Å². The molecule has 0 aliphatic heterocycles. The second-order valence-electron chi connectivity index (χ2n) is 3.91. The van der Waals surface area contributed by atoms with Crippen LogP contribution in [0.3, 0.4) is 0 Å². The molecule has 1 heterocycles. The normalized spacial score (nSPS) is 11.8. The minimum absolute atomic E-state index is 0.219. The Bertz CT molecular complexity index is 524. The van der Waals surface area contributed by atoms with E-state index in [2.05, 4.69) is 15.3 Å². The number of nitrogens with zero attached hydrogens (tertiary/aromatic N) is 3. The average Bonchev–Trinajstić information content (AvgIpc) is 2.41. The van der Waals surface area contributed by atoms with E-state index < -0.39 is 12.7 Å². The molecule has 3 N–H and O–H groups in total. The molecule has 0 atom stereocenters. The number of nitrogens with two attached hydrogens (primary N) is 1. The van der Waals surface area contributed by atoms with Crippen LogP contribution < -0.4 is 15.8 Å². The van der Waals surface area contributed by atoms with Crippen molar-refractivity contribution < 1.29 is 17.9 Å². The molecule has 1 aromatic heterocycles. The summed E-state index contributed by atoms with van der Waals surface area (Å²) in [5.74, 6) is 0.110. The smallest absolute Gasteiger partial charge is 0.408 e. The Morgan fingerprint density at radius 3 is 2.90 bits per heavy atom. The molecule has 0 radical (unpaired) electrons. The number of aliphatic imine (C=N–C) groups is 1. The lowest BCUT2D eigenvalue weighted by atomic mass is 10.3. The summed E-state index contributed by atoms with van der Waals surface area (Å²) in [7, 11) is 0. The van der Waals surface area contributed by atoms with Crippen LogP contribution in [0.1, 0.15) is 12.8 Å². The third-order valence-corrected chi connectivity index (χ3v) is 2.09. The minimum atomic E-state index is -4.41. The highest BCUT2D eigenvalue weighted by molar-refractivity contribution is 5.91. The summed E-state index contributed by atoms with van der Waals surface area (Å²) in [6.07, 6.45) is -3.48. The van der Waals surface area contributed by atoms with Gasteiger partial charge in [-0.15, -0.1) is 0 Å². The molecule has 0 aliphatic rings. The molecule has 0 bridgehead atoms. The Labute approximate surface area is 119 Å². The first kappa shape index (κ1) is 16.6. The van der Waals surface area contributed by atoms with E-state index in [1.165, 1.54) is 6.07 Å². The number of rotatable bonds is 6. The van der Waals surface area contributed by atoms with Gasteiger partial charge < -0.3 is 15.8 Å². The largest absolute Gasteiger partial charge is 0.478 e.